The molecule has 76 valence electrons. The van der Waals surface area contributed by atoms with Crippen LogP contribution in [0.3, 0.4) is 0 Å². The van der Waals surface area contributed by atoms with Gasteiger partial charge in [0.1, 0.15) is 5.82 Å². The van der Waals surface area contributed by atoms with Crippen LogP contribution in [0, 0.1) is 5.82 Å². The molecule has 1 aromatic rings. The van der Waals surface area contributed by atoms with Gasteiger partial charge in [0, 0.05) is 0 Å². The molecule has 0 fully saturated rings. The van der Waals surface area contributed by atoms with Gasteiger partial charge >= 0.3 is 5.90 Å². The lowest BCUT2D eigenvalue weighted by Crippen LogP contribution is -2.41. The van der Waals surface area contributed by atoms with Gasteiger partial charge in [-0.15, -0.1) is 0 Å². The third-order valence-electron chi connectivity index (χ3n) is 1.93. The summed E-state index contributed by atoms with van der Waals surface area (Å²) in [4.78, 5) is 0. The molecule has 1 aromatic carbocycles. The molecule has 3 heteroatoms. The van der Waals surface area contributed by atoms with Gasteiger partial charge < -0.3 is 4.74 Å². The van der Waals surface area contributed by atoms with Crippen LogP contribution in [0.2, 0.25) is 0 Å². The Bertz CT molecular complexity index is 312. The van der Waals surface area contributed by atoms with Crippen molar-refractivity contribution in [1.29, 1.82) is 0 Å². The van der Waals surface area contributed by atoms with Gasteiger partial charge in [-0.25, -0.2) is 9.80 Å². The Kier molecular flexibility index (Phi) is 4.11. The molecule has 0 amide bonds. The first-order valence-corrected chi connectivity index (χ1v) is 4.71. The van der Waals surface area contributed by atoms with Crippen LogP contribution in [0.4, 0.5) is 4.39 Å². The van der Waals surface area contributed by atoms with Gasteiger partial charge in [-0.1, -0.05) is 18.2 Å². The summed E-state index contributed by atoms with van der Waals surface area (Å²) in [5, 5.41) is 5.55. The second kappa shape index (κ2) is 5.37. The number of ether oxygens (including phenoxy) is 1. The van der Waals surface area contributed by atoms with Crippen molar-refractivity contribution in [2.45, 2.75) is 19.8 Å². The van der Waals surface area contributed by atoms with E-state index in [2.05, 4.69) is 0 Å². The molecule has 0 aliphatic heterocycles. The van der Waals surface area contributed by atoms with E-state index in [4.69, 9.17) is 10.1 Å². The van der Waals surface area contributed by atoms with Gasteiger partial charge in [0.25, 0.3) is 0 Å². The highest BCUT2D eigenvalue weighted by molar-refractivity contribution is 5.69. The lowest BCUT2D eigenvalue weighted by molar-refractivity contribution is -0.143. The minimum absolute atomic E-state index is 0.184. The molecule has 0 unspecified atom stereocenters. The van der Waals surface area contributed by atoms with Crippen molar-refractivity contribution in [1.82, 2.24) is 0 Å². The van der Waals surface area contributed by atoms with Crippen LogP contribution in [0.15, 0.2) is 24.3 Å². The second-order valence-corrected chi connectivity index (χ2v) is 2.99. The van der Waals surface area contributed by atoms with Gasteiger partial charge in [-0.3, -0.25) is 0 Å². The topological polar surface area (TPSA) is 34.8 Å². The zero-order chi connectivity index (χ0) is 10.4. The zero-order valence-corrected chi connectivity index (χ0v) is 8.29. The summed E-state index contributed by atoms with van der Waals surface area (Å²) in [7, 11) is 0. The predicted octanol–water partition coefficient (Wildman–Crippen LogP) is 0.952. The molecule has 0 bridgehead atoms. The minimum atomic E-state index is -0.184. The molecule has 0 radical (unpaired) electrons. The van der Waals surface area contributed by atoms with Crippen molar-refractivity contribution in [3.05, 3.63) is 35.6 Å². The van der Waals surface area contributed by atoms with Crippen molar-refractivity contribution < 1.29 is 14.5 Å². The summed E-state index contributed by atoms with van der Waals surface area (Å²) < 4.78 is 18.2. The first kappa shape index (κ1) is 10.7. The number of aryl methyl sites for hydroxylation is 1. The Morgan fingerprint density at radius 1 is 1.43 bits per heavy atom. The van der Waals surface area contributed by atoms with Gasteiger partial charge in [0.2, 0.25) is 0 Å². The fourth-order valence-electron chi connectivity index (χ4n) is 1.22. The summed E-state index contributed by atoms with van der Waals surface area (Å²) in [6.07, 6.45) is 1.15. The van der Waals surface area contributed by atoms with E-state index < -0.39 is 0 Å². The largest absolute Gasteiger partial charge is 0.448 e. The molecule has 0 saturated heterocycles. The van der Waals surface area contributed by atoms with Crippen LogP contribution in [-0.4, -0.2) is 12.5 Å². The first-order chi connectivity index (χ1) is 6.74. The molecule has 0 spiro atoms. The van der Waals surface area contributed by atoms with E-state index in [9.17, 15) is 4.39 Å². The van der Waals surface area contributed by atoms with Crippen LogP contribution in [0.25, 0.3) is 0 Å². The highest BCUT2D eigenvalue weighted by Crippen LogP contribution is 2.08. The van der Waals surface area contributed by atoms with Gasteiger partial charge in [0.05, 0.1) is 13.0 Å². The molecule has 0 heterocycles. The Hall–Kier alpha value is -1.38. The molecule has 0 atom stereocenters. The lowest BCUT2D eigenvalue weighted by Gasteiger charge is -2.01. The van der Waals surface area contributed by atoms with Crippen molar-refractivity contribution in [3.8, 4) is 0 Å². The molecule has 0 aliphatic carbocycles. The molecule has 1 rings (SSSR count). The van der Waals surface area contributed by atoms with Crippen LogP contribution >= 0.6 is 0 Å². The molecule has 0 aromatic heterocycles. The second-order valence-electron chi connectivity index (χ2n) is 2.99. The zero-order valence-electron chi connectivity index (χ0n) is 8.29. The summed E-state index contributed by atoms with van der Waals surface area (Å²) in [6.45, 7) is 2.43. The fourth-order valence-corrected chi connectivity index (χ4v) is 1.22. The van der Waals surface area contributed by atoms with Crippen molar-refractivity contribution in [3.63, 3.8) is 0 Å². The number of hydrogen-bond acceptors (Lipinski definition) is 1. The molecule has 14 heavy (non-hydrogen) atoms. The first-order valence-electron chi connectivity index (χ1n) is 4.71. The maximum Gasteiger partial charge on any atom is 0.333 e. The number of hydrogen-bond donors (Lipinski definition) is 1. The van der Waals surface area contributed by atoms with E-state index in [0.717, 1.165) is 0 Å². The number of nitrogens with two attached hydrogens (primary N) is 1. The fraction of sp³-hybridized carbons (Fsp3) is 0.364. The van der Waals surface area contributed by atoms with Gasteiger partial charge in [0.15, 0.2) is 0 Å². The molecule has 0 saturated carbocycles. The average molecular weight is 196 g/mol. The standard InChI is InChI=1S/C11H14FNO/c1-2-14-11(13)8-7-9-5-3-4-6-10(9)12/h3-6,13H,2,7-8H2,1H3/p+1. The average Bonchev–Trinajstić information content (AvgIpc) is 2.17. The summed E-state index contributed by atoms with van der Waals surface area (Å²) >= 11 is 0. The van der Waals surface area contributed by atoms with E-state index in [-0.39, 0.29) is 5.82 Å². The highest BCUT2D eigenvalue weighted by atomic mass is 19.1. The van der Waals surface area contributed by atoms with E-state index in [1.54, 1.807) is 12.1 Å². The van der Waals surface area contributed by atoms with Crippen LogP contribution in [-0.2, 0) is 11.2 Å². The van der Waals surface area contributed by atoms with Crippen LogP contribution in [0.1, 0.15) is 18.9 Å². The molecular weight excluding hydrogens is 181 g/mol. The van der Waals surface area contributed by atoms with Crippen molar-refractivity contribution in [2.75, 3.05) is 6.61 Å². The van der Waals surface area contributed by atoms with Gasteiger partial charge in [-0.2, -0.15) is 0 Å². The molecule has 0 aliphatic rings. The van der Waals surface area contributed by atoms with Crippen LogP contribution < -0.4 is 5.41 Å². The third kappa shape index (κ3) is 3.17. The summed E-state index contributed by atoms with van der Waals surface area (Å²) in [6, 6.07) is 6.70. The maximum atomic E-state index is 13.1. The predicted molar refractivity (Wildman–Crippen MR) is 53.3 cm³/mol. The van der Waals surface area contributed by atoms with Crippen molar-refractivity contribution in [2.24, 2.45) is 0 Å². The number of rotatable bonds is 4. The molecular formula is C11H15FNO+. The Labute approximate surface area is 83.2 Å². The summed E-state index contributed by atoms with van der Waals surface area (Å²) in [5.41, 5.74) is 0.676. The van der Waals surface area contributed by atoms with E-state index >= 15 is 0 Å². The monoisotopic (exact) mass is 196 g/mol. The normalized spacial score (nSPS) is 9.86. The molecule has 2 N–H and O–H groups in total. The quantitative estimate of drug-likeness (QED) is 0.564. The Morgan fingerprint density at radius 2 is 2.14 bits per heavy atom. The van der Waals surface area contributed by atoms with Gasteiger partial charge in [-0.05, 0) is 25.0 Å². The van der Waals surface area contributed by atoms with Crippen LogP contribution in [0.5, 0.6) is 0 Å². The number of halogens is 1. The van der Waals surface area contributed by atoms with E-state index in [1.807, 2.05) is 13.0 Å². The Morgan fingerprint density at radius 3 is 2.79 bits per heavy atom. The lowest BCUT2D eigenvalue weighted by atomic mass is 10.1. The number of benzene rings is 1. The minimum Gasteiger partial charge on any atom is -0.448 e. The molecule has 2 nitrogen and oxygen atoms in total. The summed E-state index contributed by atoms with van der Waals surface area (Å²) in [5.74, 6) is 0.285. The maximum absolute atomic E-state index is 13.1. The van der Waals surface area contributed by atoms with E-state index in [0.29, 0.717) is 30.9 Å². The van der Waals surface area contributed by atoms with E-state index in [1.165, 1.54) is 6.07 Å². The highest BCUT2D eigenvalue weighted by Gasteiger charge is 2.06. The third-order valence-corrected chi connectivity index (χ3v) is 1.93. The van der Waals surface area contributed by atoms with Crippen molar-refractivity contribution >= 4 is 5.90 Å². The Balaban J connectivity index is 2.46. The SMILES string of the molecule is CCOC(=[NH2+])CCc1ccccc1F. The smallest absolute Gasteiger partial charge is 0.333 e.